The van der Waals surface area contributed by atoms with Gasteiger partial charge in [-0.25, -0.2) is 4.98 Å². The zero-order chi connectivity index (χ0) is 15.6. The average Bonchev–Trinajstić information content (AvgIpc) is 2.85. The van der Waals surface area contributed by atoms with Gasteiger partial charge in [0.05, 0.1) is 6.04 Å². The van der Waals surface area contributed by atoms with Gasteiger partial charge in [0.2, 0.25) is 0 Å². The summed E-state index contributed by atoms with van der Waals surface area (Å²) in [5.74, 6) is -1.10. The minimum absolute atomic E-state index is 0.232. The Hall–Kier alpha value is -1.03. The highest BCUT2D eigenvalue weighted by Crippen LogP contribution is 2.23. The van der Waals surface area contributed by atoms with Gasteiger partial charge in [0, 0.05) is 17.6 Å². The molecule has 0 amide bonds. The van der Waals surface area contributed by atoms with E-state index in [9.17, 15) is 18.3 Å². The van der Waals surface area contributed by atoms with E-state index in [0.717, 1.165) is 16.4 Å². The monoisotopic (exact) mass is 333 g/mol. The third-order valence-corrected chi connectivity index (χ3v) is 6.23. The van der Waals surface area contributed by atoms with Crippen molar-refractivity contribution < 1.29 is 18.3 Å². The maximum atomic E-state index is 12.4. The minimum Gasteiger partial charge on any atom is -0.480 e. The van der Waals surface area contributed by atoms with Crippen LogP contribution in [0.2, 0.25) is 0 Å². The molecule has 1 aromatic rings. The Bertz CT molecular complexity index is 614. The second kappa shape index (κ2) is 6.39. The van der Waals surface area contributed by atoms with Gasteiger partial charge >= 0.3 is 5.97 Å². The third kappa shape index (κ3) is 3.79. The van der Waals surface area contributed by atoms with Gasteiger partial charge in [-0.3, -0.25) is 4.79 Å². The van der Waals surface area contributed by atoms with Crippen molar-refractivity contribution in [3.63, 3.8) is 0 Å². The molecule has 2 rings (SSSR count). The molecule has 7 nitrogen and oxygen atoms in total. The van der Waals surface area contributed by atoms with Gasteiger partial charge in [0.25, 0.3) is 10.2 Å². The van der Waals surface area contributed by atoms with E-state index < -0.39 is 28.3 Å². The fourth-order valence-corrected chi connectivity index (χ4v) is 4.82. The lowest BCUT2D eigenvalue weighted by molar-refractivity contribution is -0.142. The molecule has 2 heterocycles. The summed E-state index contributed by atoms with van der Waals surface area (Å²) in [7, 11) is -3.85. The molecule has 2 unspecified atom stereocenters. The SMILES string of the molecule is Cc1csc(C(C)NS(=O)(=O)N2CCCCC2C(=O)O)n1. The van der Waals surface area contributed by atoms with Crippen molar-refractivity contribution in [1.82, 2.24) is 14.0 Å². The molecule has 1 saturated heterocycles. The van der Waals surface area contributed by atoms with E-state index in [1.807, 2.05) is 12.3 Å². The lowest BCUT2D eigenvalue weighted by atomic mass is 10.1. The summed E-state index contributed by atoms with van der Waals surface area (Å²) in [6, 6.07) is -1.47. The van der Waals surface area contributed by atoms with E-state index in [0.29, 0.717) is 17.8 Å². The summed E-state index contributed by atoms with van der Waals surface area (Å²) in [6.45, 7) is 3.78. The number of carbonyl (C=O) groups is 1. The first-order valence-electron chi connectivity index (χ1n) is 6.75. The average molecular weight is 333 g/mol. The lowest BCUT2D eigenvalue weighted by Gasteiger charge is -2.32. The van der Waals surface area contributed by atoms with Gasteiger partial charge in [-0.2, -0.15) is 17.4 Å². The molecule has 0 spiro atoms. The molecule has 1 fully saturated rings. The number of thiazole rings is 1. The molecule has 2 N–H and O–H groups in total. The predicted octanol–water partition coefficient (Wildman–Crippen LogP) is 1.29. The van der Waals surface area contributed by atoms with Crippen molar-refractivity contribution in [3.05, 3.63) is 16.1 Å². The van der Waals surface area contributed by atoms with Crippen molar-refractivity contribution in [2.75, 3.05) is 6.54 Å². The van der Waals surface area contributed by atoms with E-state index in [4.69, 9.17) is 0 Å². The van der Waals surface area contributed by atoms with E-state index in [-0.39, 0.29) is 6.54 Å². The topological polar surface area (TPSA) is 99.6 Å². The molecule has 1 aromatic heterocycles. The van der Waals surface area contributed by atoms with Crippen molar-refractivity contribution in [1.29, 1.82) is 0 Å². The summed E-state index contributed by atoms with van der Waals surface area (Å²) in [6.07, 6.45) is 1.75. The van der Waals surface area contributed by atoms with E-state index in [1.54, 1.807) is 6.92 Å². The number of carboxylic acid groups (broad SMARTS) is 1. The van der Waals surface area contributed by atoms with Crippen molar-refractivity contribution >= 4 is 27.5 Å². The fraction of sp³-hybridized carbons (Fsp3) is 0.667. The van der Waals surface area contributed by atoms with Crippen LogP contribution in [0.1, 0.15) is 42.9 Å². The Kier molecular flexibility index (Phi) is 4.97. The second-order valence-electron chi connectivity index (χ2n) is 5.13. The summed E-state index contributed by atoms with van der Waals surface area (Å²) in [5, 5.41) is 11.7. The van der Waals surface area contributed by atoms with Crippen LogP contribution in [0.25, 0.3) is 0 Å². The molecule has 118 valence electrons. The summed E-state index contributed by atoms with van der Waals surface area (Å²) < 4.78 is 28.4. The van der Waals surface area contributed by atoms with Crippen LogP contribution in [0.3, 0.4) is 0 Å². The molecular weight excluding hydrogens is 314 g/mol. The van der Waals surface area contributed by atoms with Gasteiger partial charge in [0.1, 0.15) is 11.0 Å². The van der Waals surface area contributed by atoms with Crippen molar-refractivity contribution in [2.24, 2.45) is 0 Å². The molecule has 0 radical (unpaired) electrons. The number of aromatic nitrogens is 1. The van der Waals surface area contributed by atoms with Crippen LogP contribution in [0, 0.1) is 6.92 Å². The number of aryl methyl sites for hydroxylation is 1. The number of aliphatic carboxylic acids is 1. The Morgan fingerprint density at radius 3 is 2.86 bits per heavy atom. The maximum Gasteiger partial charge on any atom is 0.322 e. The Morgan fingerprint density at radius 2 is 2.29 bits per heavy atom. The first-order valence-corrected chi connectivity index (χ1v) is 9.07. The highest BCUT2D eigenvalue weighted by Gasteiger charge is 2.37. The van der Waals surface area contributed by atoms with Gasteiger partial charge in [-0.1, -0.05) is 0 Å². The maximum absolute atomic E-state index is 12.4. The molecule has 1 aliphatic rings. The summed E-state index contributed by atoms with van der Waals surface area (Å²) in [4.78, 5) is 15.5. The third-order valence-electron chi connectivity index (χ3n) is 3.38. The fourth-order valence-electron chi connectivity index (χ4n) is 2.35. The van der Waals surface area contributed by atoms with E-state index in [2.05, 4.69) is 9.71 Å². The van der Waals surface area contributed by atoms with Gasteiger partial charge in [0.15, 0.2) is 0 Å². The number of piperidine rings is 1. The van der Waals surface area contributed by atoms with Gasteiger partial charge in [-0.05, 0) is 33.1 Å². The zero-order valence-electron chi connectivity index (χ0n) is 11.9. The molecule has 9 heteroatoms. The molecule has 2 atom stereocenters. The normalized spacial score (nSPS) is 22.1. The number of carboxylic acids is 1. The van der Waals surface area contributed by atoms with Crippen LogP contribution in [0.4, 0.5) is 0 Å². The van der Waals surface area contributed by atoms with Crippen LogP contribution < -0.4 is 4.72 Å². The molecular formula is C12H19N3O4S2. The molecule has 0 saturated carbocycles. The number of hydrogen-bond acceptors (Lipinski definition) is 5. The first-order chi connectivity index (χ1) is 9.81. The summed E-state index contributed by atoms with van der Waals surface area (Å²) in [5.41, 5.74) is 0.836. The molecule has 0 aliphatic carbocycles. The Labute approximate surface area is 128 Å². The van der Waals surface area contributed by atoms with Crippen LogP contribution in [-0.4, -0.2) is 41.4 Å². The van der Waals surface area contributed by atoms with Crippen LogP contribution in [-0.2, 0) is 15.0 Å². The number of nitrogens with one attached hydrogen (secondary N) is 1. The van der Waals surface area contributed by atoms with Crippen molar-refractivity contribution in [2.45, 2.75) is 45.2 Å². The second-order valence-corrected chi connectivity index (χ2v) is 7.68. The predicted molar refractivity (Wildman–Crippen MR) is 79.3 cm³/mol. The van der Waals surface area contributed by atoms with Crippen LogP contribution >= 0.6 is 11.3 Å². The molecule has 1 aliphatic heterocycles. The minimum atomic E-state index is -3.85. The van der Waals surface area contributed by atoms with Crippen LogP contribution in [0.5, 0.6) is 0 Å². The van der Waals surface area contributed by atoms with Crippen molar-refractivity contribution in [3.8, 4) is 0 Å². The van der Waals surface area contributed by atoms with E-state index >= 15 is 0 Å². The molecule has 0 bridgehead atoms. The van der Waals surface area contributed by atoms with Crippen LogP contribution in [0.15, 0.2) is 5.38 Å². The standard InChI is InChI=1S/C12H19N3O4S2/c1-8-7-20-11(13-8)9(2)14-21(18,19)15-6-4-3-5-10(15)12(16)17/h7,9-10,14H,3-6H2,1-2H3,(H,16,17). The van der Waals surface area contributed by atoms with Gasteiger partial charge < -0.3 is 5.11 Å². The Morgan fingerprint density at radius 1 is 1.57 bits per heavy atom. The Balaban J connectivity index is 2.14. The van der Waals surface area contributed by atoms with E-state index in [1.165, 1.54) is 11.3 Å². The lowest BCUT2D eigenvalue weighted by Crippen LogP contribution is -2.52. The largest absolute Gasteiger partial charge is 0.480 e. The quantitative estimate of drug-likeness (QED) is 0.846. The first kappa shape index (κ1) is 16.3. The van der Waals surface area contributed by atoms with Gasteiger partial charge in [-0.15, -0.1) is 11.3 Å². The molecule has 0 aromatic carbocycles. The highest BCUT2D eigenvalue weighted by atomic mass is 32.2. The summed E-state index contributed by atoms with van der Waals surface area (Å²) >= 11 is 1.38. The number of hydrogen-bond donors (Lipinski definition) is 2. The number of nitrogens with zero attached hydrogens (tertiary/aromatic N) is 2. The zero-order valence-corrected chi connectivity index (χ0v) is 13.6. The number of rotatable bonds is 5. The molecule has 21 heavy (non-hydrogen) atoms. The smallest absolute Gasteiger partial charge is 0.322 e. The highest BCUT2D eigenvalue weighted by molar-refractivity contribution is 7.87.